The number of rotatable bonds is 6. The van der Waals surface area contributed by atoms with E-state index >= 15 is 0 Å². The molecule has 3 rings (SSSR count). The van der Waals surface area contributed by atoms with Crippen molar-refractivity contribution in [2.75, 3.05) is 34.3 Å². The topological polar surface area (TPSA) is 80.6 Å². The summed E-state index contributed by atoms with van der Waals surface area (Å²) in [4.78, 5) is 27.4. The number of carbonyl (C=O) groups excluding carboxylic acids is 2. The first-order chi connectivity index (χ1) is 12.5. The molecule has 1 aliphatic heterocycles. The zero-order valence-corrected chi connectivity index (χ0v) is 15.3. The maximum Gasteiger partial charge on any atom is 0.275 e. The van der Waals surface area contributed by atoms with Crippen LogP contribution in [0, 0.1) is 0 Å². The van der Waals surface area contributed by atoms with Crippen LogP contribution in [-0.4, -0.2) is 70.9 Å². The molecule has 8 nitrogen and oxygen atoms in total. The third-order valence-corrected chi connectivity index (χ3v) is 4.51. The largest absolute Gasteiger partial charge is 0.497 e. The van der Waals surface area contributed by atoms with Crippen molar-refractivity contribution in [3.63, 3.8) is 0 Å². The van der Waals surface area contributed by atoms with Crippen molar-refractivity contribution < 1.29 is 14.3 Å². The third kappa shape index (κ3) is 3.84. The van der Waals surface area contributed by atoms with Crippen molar-refractivity contribution in [1.82, 2.24) is 24.8 Å². The van der Waals surface area contributed by atoms with Crippen molar-refractivity contribution in [2.24, 2.45) is 0 Å². The molecule has 0 spiro atoms. The van der Waals surface area contributed by atoms with Gasteiger partial charge >= 0.3 is 0 Å². The molecule has 0 saturated carbocycles. The number of amides is 2. The summed E-state index contributed by atoms with van der Waals surface area (Å²) in [6.07, 6.45) is 2.82. The Bertz CT molecular complexity index is 778. The van der Waals surface area contributed by atoms with Crippen molar-refractivity contribution >= 4 is 11.8 Å². The van der Waals surface area contributed by atoms with E-state index in [1.54, 1.807) is 32.1 Å². The molecular formula is C18H23N5O3. The summed E-state index contributed by atoms with van der Waals surface area (Å²) in [7, 11) is 4.98. The summed E-state index contributed by atoms with van der Waals surface area (Å²) in [5.41, 5.74) is 1.43. The van der Waals surface area contributed by atoms with Crippen LogP contribution in [0.3, 0.4) is 0 Å². The second-order valence-corrected chi connectivity index (χ2v) is 6.58. The molecule has 2 heterocycles. The van der Waals surface area contributed by atoms with Gasteiger partial charge in [0.2, 0.25) is 5.91 Å². The number of ether oxygens (including phenoxy) is 1. The molecule has 2 aromatic rings. The van der Waals surface area contributed by atoms with E-state index in [-0.39, 0.29) is 17.9 Å². The van der Waals surface area contributed by atoms with Gasteiger partial charge in [0.05, 0.1) is 19.3 Å². The fourth-order valence-electron chi connectivity index (χ4n) is 2.81. The Balaban J connectivity index is 1.47. The van der Waals surface area contributed by atoms with Crippen molar-refractivity contribution in [3.05, 3.63) is 41.7 Å². The molecule has 1 aliphatic rings. The SMILES string of the molecule is COc1ccc(CCC(=O)N2CC(n3cc(C(=O)N(C)C)nn3)C2)cc1. The first kappa shape index (κ1) is 17.9. The molecule has 0 radical (unpaired) electrons. The number of aromatic nitrogens is 3. The quantitative estimate of drug-likeness (QED) is 0.771. The van der Waals surface area contributed by atoms with Crippen LogP contribution >= 0.6 is 0 Å². The standard InChI is InChI=1S/C18H23N5O3/c1-21(2)18(25)16-12-23(20-19-16)14-10-22(11-14)17(24)9-6-13-4-7-15(26-3)8-5-13/h4-5,7-8,12,14H,6,9-11H2,1-3H3. The number of nitrogens with zero attached hydrogens (tertiary/aromatic N) is 5. The minimum Gasteiger partial charge on any atom is -0.497 e. The van der Waals surface area contributed by atoms with Crippen molar-refractivity contribution in [2.45, 2.75) is 18.9 Å². The summed E-state index contributed by atoms with van der Waals surface area (Å²) in [6, 6.07) is 7.83. The minimum absolute atomic E-state index is 0.0798. The van der Waals surface area contributed by atoms with Gasteiger partial charge in [0.25, 0.3) is 5.91 Å². The van der Waals surface area contributed by atoms with Crippen LogP contribution < -0.4 is 4.74 Å². The van der Waals surface area contributed by atoms with E-state index in [9.17, 15) is 9.59 Å². The second kappa shape index (κ2) is 7.55. The van der Waals surface area contributed by atoms with Gasteiger partial charge in [0.15, 0.2) is 5.69 Å². The first-order valence-electron chi connectivity index (χ1n) is 8.52. The molecular weight excluding hydrogens is 334 g/mol. The van der Waals surface area contributed by atoms with Gasteiger partial charge in [-0.25, -0.2) is 4.68 Å². The summed E-state index contributed by atoms with van der Waals surface area (Å²) in [5, 5.41) is 7.92. The Kier molecular flexibility index (Phi) is 5.20. The lowest BCUT2D eigenvalue weighted by Crippen LogP contribution is -2.51. The molecule has 0 N–H and O–H groups in total. The zero-order valence-electron chi connectivity index (χ0n) is 15.3. The molecule has 1 aromatic heterocycles. The molecule has 1 aromatic carbocycles. The Morgan fingerprint density at radius 3 is 2.54 bits per heavy atom. The average molecular weight is 357 g/mol. The molecule has 1 fully saturated rings. The molecule has 0 unspecified atom stereocenters. The van der Waals surface area contributed by atoms with E-state index in [0.717, 1.165) is 11.3 Å². The van der Waals surface area contributed by atoms with Gasteiger partial charge in [0.1, 0.15) is 5.75 Å². The van der Waals surface area contributed by atoms with E-state index in [2.05, 4.69) is 10.3 Å². The Morgan fingerprint density at radius 1 is 1.23 bits per heavy atom. The highest BCUT2D eigenvalue weighted by Crippen LogP contribution is 2.22. The lowest BCUT2D eigenvalue weighted by molar-refractivity contribution is -0.137. The Morgan fingerprint density at radius 2 is 1.92 bits per heavy atom. The highest BCUT2D eigenvalue weighted by atomic mass is 16.5. The molecule has 138 valence electrons. The maximum atomic E-state index is 12.3. The van der Waals surface area contributed by atoms with Crippen LogP contribution in [0.2, 0.25) is 0 Å². The van der Waals surface area contributed by atoms with E-state index in [1.165, 1.54) is 4.90 Å². The second-order valence-electron chi connectivity index (χ2n) is 6.58. The van der Waals surface area contributed by atoms with Gasteiger partial charge in [-0.3, -0.25) is 9.59 Å². The molecule has 0 aliphatic carbocycles. The van der Waals surface area contributed by atoms with Crippen LogP contribution in [0.25, 0.3) is 0 Å². The number of carbonyl (C=O) groups is 2. The lowest BCUT2D eigenvalue weighted by Gasteiger charge is -2.39. The number of methoxy groups -OCH3 is 1. The maximum absolute atomic E-state index is 12.3. The first-order valence-corrected chi connectivity index (χ1v) is 8.52. The fourth-order valence-corrected chi connectivity index (χ4v) is 2.81. The Hall–Kier alpha value is -2.90. The lowest BCUT2D eigenvalue weighted by atomic mass is 10.1. The van der Waals surface area contributed by atoms with E-state index in [1.807, 2.05) is 29.2 Å². The fraction of sp³-hybridized carbons (Fsp3) is 0.444. The van der Waals surface area contributed by atoms with E-state index < -0.39 is 0 Å². The van der Waals surface area contributed by atoms with Crippen LogP contribution in [-0.2, 0) is 11.2 Å². The van der Waals surface area contributed by atoms with Crippen LogP contribution in [0.4, 0.5) is 0 Å². The summed E-state index contributed by atoms with van der Waals surface area (Å²) >= 11 is 0. The van der Waals surface area contributed by atoms with Gasteiger partial charge < -0.3 is 14.5 Å². The summed E-state index contributed by atoms with van der Waals surface area (Å²) in [6.45, 7) is 1.20. The zero-order chi connectivity index (χ0) is 18.7. The highest BCUT2D eigenvalue weighted by molar-refractivity contribution is 5.91. The molecule has 0 bridgehead atoms. The average Bonchev–Trinajstić information content (AvgIpc) is 3.07. The van der Waals surface area contributed by atoms with Gasteiger partial charge in [-0.1, -0.05) is 17.3 Å². The number of aryl methyl sites for hydroxylation is 1. The van der Waals surface area contributed by atoms with Gasteiger partial charge in [-0.2, -0.15) is 0 Å². The number of hydrogen-bond acceptors (Lipinski definition) is 5. The number of hydrogen-bond donors (Lipinski definition) is 0. The number of benzene rings is 1. The molecule has 26 heavy (non-hydrogen) atoms. The number of likely N-dealkylation sites (tertiary alicyclic amines) is 1. The smallest absolute Gasteiger partial charge is 0.275 e. The molecule has 2 amide bonds. The van der Waals surface area contributed by atoms with Gasteiger partial charge in [-0.05, 0) is 24.1 Å². The normalized spacial score (nSPS) is 14.0. The predicted octanol–water partition coefficient (Wildman–Crippen LogP) is 1.00. The van der Waals surface area contributed by atoms with Crippen molar-refractivity contribution in [3.8, 4) is 5.75 Å². The van der Waals surface area contributed by atoms with E-state index in [0.29, 0.717) is 31.6 Å². The van der Waals surface area contributed by atoms with Gasteiger partial charge in [0, 0.05) is 33.6 Å². The molecule has 8 heteroatoms. The Labute approximate surface area is 152 Å². The van der Waals surface area contributed by atoms with Crippen LogP contribution in [0.15, 0.2) is 30.5 Å². The third-order valence-electron chi connectivity index (χ3n) is 4.51. The van der Waals surface area contributed by atoms with Gasteiger partial charge in [-0.15, -0.1) is 5.10 Å². The van der Waals surface area contributed by atoms with Crippen LogP contribution in [0.1, 0.15) is 28.5 Å². The summed E-state index contributed by atoms with van der Waals surface area (Å²) in [5.74, 6) is 0.760. The summed E-state index contributed by atoms with van der Waals surface area (Å²) < 4.78 is 6.80. The van der Waals surface area contributed by atoms with E-state index in [4.69, 9.17) is 4.74 Å². The monoisotopic (exact) mass is 357 g/mol. The highest BCUT2D eigenvalue weighted by Gasteiger charge is 2.32. The minimum atomic E-state index is -0.178. The molecule has 0 atom stereocenters. The predicted molar refractivity (Wildman–Crippen MR) is 95.0 cm³/mol. The molecule has 1 saturated heterocycles. The van der Waals surface area contributed by atoms with Crippen molar-refractivity contribution in [1.29, 1.82) is 0 Å². The van der Waals surface area contributed by atoms with Crippen LogP contribution in [0.5, 0.6) is 5.75 Å².